The first-order valence-electron chi connectivity index (χ1n) is 10.5. The second kappa shape index (κ2) is 8.66. The van der Waals surface area contributed by atoms with Gasteiger partial charge in [-0.05, 0) is 63.3 Å². The van der Waals surface area contributed by atoms with Gasteiger partial charge in [0.1, 0.15) is 0 Å². The molecule has 1 aliphatic carbocycles. The summed E-state index contributed by atoms with van der Waals surface area (Å²) in [5, 5.41) is 3.59. The highest BCUT2D eigenvalue weighted by molar-refractivity contribution is 6.06. The van der Waals surface area contributed by atoms with E-state index in [-0.39, 0.29) is 5.91 Å². The van der Waals surface area contributed by atoms with E-state index in [4.69, 9.17) is 9.72 Å². The van der Waals surface area contributed by atoms with Crippen LogP contribution in [-0.4, -0.2) is 23.0 Å². The molecule has 0 aliphatic heterocycles. The highest BCUT2D eigenvalue weighted by Crippen LogP contribution is 2.29. The molecule has 5 nitrogen and oxygen atoms in total. The molecule has 4 rings (SSSR count). The molecule has 1 heterocycles. The number of anilines is 1. The van der Waals surface area contributed by atoms with Crippen molar-refractivity contribution in [2.75, 3.05) is 5.32 Å². The standard InChI is InChI=1S/C25H26N2O3/c1-16-12-14-18(15-13-16)26-24(28)17(2)30-25(29)23-19-8-4-3-5-10-21(19)27-22-11-7-6-9-20(22)23/h6-7,9,11-15,17H,3-5,8,10H2,1-2H3,(H,26,28)/t17-/m1/s1. The summed E-state index contributed by atoms with van der Waals surface area (Å²) in [6.45, 7) is 3.58. The van der Waals surface area contributed by atoms with Gasteiger partial charge in [0.2, 0.25) is 0 Å². The van der Waals surface area contributed by atoms with Gasteiger partial charge in [-0.3, -0.25) is 9.78 Å². The van der Waals surface area contributed by atoms with E-state index in [1.807, 2.05) is 55.5 Å². The van der Waals surface area contributed by atoms with Crippen LogP contribution in [-0.2, 0) is 22.4 Å². The van der Waals surface area contributed by atoms with Crippen LogP contribution in [0.4, 0.5) is 5.69 Å². The molecule has 0 spiro atoms. The lowest BCUT2D eigenvalue weighted by Gasteiger charge is -2.18. The second-order valence-electron chi connectivity index (χ2n) is 7.89. The van der Waals surface area contributed by atoms with Gasteiger partial charge in [-0.15, -0.1) is 0 Å². The van der Waals surface area contributed by atoms with Gasteiger partial charge in [-0.1, -0.05) is 42.3 Å². The van der Waals surface area contributed by atoms with Crippen molar-refractivity contribution in [3.8, 4) is 0 Å². The largest absolute Gasteiger partial charge is 0.449 e. The average molecular weight is 402 g/mol. The number of benzene rings is 2. The quantitative estimate of drug-likeness (QED) is 0.493. The summed E-state index contributed by atoms with van der Waals surface area (Å²) in [6, 6.07) is 15.2. The van der Waals surface area contributed by atoms with Crippen molar-refractivity contribution < 1.29 is 14.3 Å². The number of nitrogens with zero attached hydrogens (tertiary/aromatic N) is 1. The third kappa shape index (κ3) is 4.20. The van der Waals surface area contributed by atoms with Crippen molar-refractivity contribution in [3.05, 3.63) is 70.9 Å². The van der Waals surface area contributed by atoms with E-state index in [0.29, 0.717) is 11.3 Å². The monoisotopic (exact) mass is 402 g/mol. The number of aryl methyl sites for hydroxylation is 2. The third-order valence-corrected chi connectivity index (χ3v) is 5.60. The Morgan fingerprint density at radius 1 is 1.00 bits per heavy atom. The third-order valence-electron chi connectivity index (χ3n) is 5.60. The summed E-state index contributed by atoms with van der Waals surface area (Å²) in [4.78, 5) is 30.6. The number of amides is 1. The number of hydrogen-bond donors (Lipinski definition) is 1. The lowest BCUT2D eigenvalue weighted by Crippen LogP contribution is -2.30. The summed E-state index contributed by atoms with van der Waals surface area (Å²) < 4.78 is 5.63. The number of rotatable bonds is 4. The summed E-state index contributed by atoms with van der Waals surface area (Å²) in [7, 11) is 0. The Morgan fingerprint density at radius 3 is 2.53 bits per heavy atom. The Morgan fingerprint density at radius 2 is 1.73 bits per heavy atom. The van der Waals surface area contributed by atoms with E-state index < -0.39 is 12.1 Å². The molecule has 0 saturated heterocycles. The average Bonchev–Trinajstić information content (AvgIpc) is 2.98. The Kier molecular flexibility index (Phi) is 5.79. The number of carbonyl (C=O) groups is 2. The zero-order chi connectivity index (χ0) is 21.1. The van der Waals surface area contributed by atoms with Crippen LogP contribution in [0.3, 0.4) is 0 Å². The maximum Gasteiger partial charge on any atom is 0.339 e. The van der Waals surface area contributed by atoms with Crippen LogP contribution in [0.5, 0.6) is 0 Å². The van der Waals surface area contributed by atoms with Gasteiger partial charge in [0.05, 0.1) is 11.1 Å². The van der Waals surface area contributed by atoms with Crippen LogP contribution in [0, 0.1) is 6.92 Å². The van der Waals surface area contributed by atoms with Crippen LogP contribution in [0.15, 0.2) is 48.5 Å². The number of pyridine rings is 1. The van der Waals surface area contributed by atoms with Crippen molar-refractivity contribution in [1.29, 1.82) is 0 Å². The van der Waals surface area contributed by atoms with E-state index >= 15 is 0 Å². The number of esters is 1. The summed E-state index contributed by atoms with van der Waals surface area (Å²) in [5.41, 5.74) is 5.10. The van der Waals surface area contributed by atoms with Crippen molar-refractivity contribution >= 4 is 28.5 Å². The number of fused-ring (bicyclic) bond motifs is 2. The van der Waals surface area contributed by atoms with E-state index in [1.54, 1.807) is 6.92 Å². The molecule has 0 saturated carbocycles. The fraction of sp³-hybridized carbons (Fsp3) is 0.320. The van der Waals surface area contributed by atoms with Crippen LogP contribution < -0.4 is 5.32 Å². The Labute approximate surface area is 176 Å². The molecule has 1 aliphatic rings. The van der Waals surface area contributed by atoms with E-state index in [9.17, 15) is 9.59 Å². The van der Waals surface area contributed by atoms with Crippen molar-refractivity contribution in [1.82, 2.24) is 4.98 Å². The molecule has 0 fully saturated rings. The number of para-hydroxylation sites is 1. The Balaban J connectivity index is 1.60. The highest BCUT2D eigenvalue weighted by atomic mass is 16.5. The lowest BCUT2D eigenvalue weighted by molar-refractivity contribution is -0.123. The molecule has 0 unspecified atom stereocenters. The first-order valence-corrected chi connectivity index (χ1v) is 10.5. The lowest BCUT2D eigenvalue weighted by atomic mass is 9.97. The fourth-order valence-corrected chi connectivity index (χ4v) is 3.94. The van der Waals surface area contributed by atoms with Crippen molar-refractivity contribution in [2.24, 2.45) is 0 Å². The fourth-order valence-electron chi connectivity index (χ4n) is 3.94. The van der Waals surface area contributed by atoms with Crippen LogP contribution in [0.2, 0.25) is 0 Å². The van der Waals surface area contributed by atoms with Crippen LogP contribution in [0.1, 0.15) is 53.4 Å². The maximum absolute atomic E-state index is 13.2. The van der Waals surface area contributed by atoms with Crippen LogP contribution >= 0.6 is 0 Å². The first-order chi connectivity index (χ1) is 14.5. The second-order valence-corrected chi connectivity index (χ2v) is 7.89. The number of carbonyl (C=O) groups excluding carboxylic acids is 2. The molecule has 1 atom stereocenters. The number of nitrogens with one attached hydrogen (secondary N) is 1. The van der Waals surface area contributed by atoms with Gasteiger partial charge in [0.15, 0.2) is 6.10 Å². The number of hydrogen-bond acceptors (Lipinski definition) is 4. The SMILES string of the molecule is Cc1ccc(NC(=O)[C@@H](C)OC(=O)c2c3c(nc4ccccc24)CCCCC3)cc1. The number of aromatic nitrogens is 1. The molecule has 30 heavy (non-hydrogen) atoms. The van der Waals surface area contributed by atoms with E-state index in [2.05, 4.69) is 5.32 Å². The molecule has 0 bridgehead atoms. The molecule has 5 heteroatoms. The van der Waals surface area contributed by atoms with E-state index in [1.165, 1.54) is 0 Å². The molecule has 3 aromatic rings. The predicted octanol–water partition coefficient (Wildman–Crippen LogP) is 5.00. The number of ether oxygens (including phenoxy) is 1. The van der Waals surface area contributed by atoms with Crippen LogP contribution in [0.25, 0.3) is 10.9 Å². The molecule has 154 valence electrons. The van der Waals surface area contributed by atoms with E-state index in [0.717, 1.165) is 59.8 Å². The molecular formula is C25H26N2O3. The zero-order valence-corrected chi connectivity index (χ0v) is 17.4. The molecule has 1 aromatic heterocycles. The minimum absolute atomic E-state index is 0.350. The zero-order valence-electron chi connectivity index (χ0n) is 17.4. The van der Waals surface area contributed by atoms with Gasteiger partial charge in [-0.25, -0.2) is 4.79 Å². The van der Waals surface area contributed by atoms with Crippen molar-refractivity contribution in [2.45, 2.75) is 52.1 Å². The highest BCUT2D eigenvalue weighted by Gasteiger charge is 2.26. The predicted molar refractivity (Wildman–Crippen MR) is 118 cm³/mol. The molecule has 1 amide bonds. The van der Waals surface area contributed by atoms with Gasteiger partial charge in [0, 0.05) is 16.8 Å². The molecular weight excluding hydrogens is 376 g/mol. The summed E-state index contributed by atoms with van der Waals surface area (Å²) in [5.74, 6) is -0.810. The van der Waals surface area contributed by atoms with Crippen molar-refractivity contribution in [3.63, 3.8) is 0 Å². The molecule has 2 aromatic carbocycles. The molecule has 1 N–H and O–H groups in total. The van der Waals surface area contributed by atoms with Gasteiger partial charge >= 0.3 is 5.97 Å². The van der Waals surface area contributed by atoms with Gasteiger partial charge in [-0.2, -0.15) is 0 Å². The minimum Gasteiger partial charge on any atom is -0.449 e. The normalized spacial score (nSPS) is 14.5. The Bertz CT molecular complexity index is 1090. The maximum atomic E-state index is 13.2. The smallest absolute Gasteiger partial charge is 0.339 e. The molecule has 0 radical (unpaired) electrons. The first kappa shape index (κ1) is 20.1. The Hall–Kier alpha value is -3.21. The topological polar surface area (TPSA) is 68.3 Å². The van der Waals surface area contributed by atoms with Gasteiger partial charge < -0.3 is 10.1 Å². The summed E-state index contributed by atoms with van der Waals surface area (Å²) >= 11 is 0. The summed E-state index contributed by atoms with van der Waals surface area (Å²) in [6.07, 6.45) is 3.98. The van der Waals surface area contributed by atoms with Gasteiger partial charge in [0.25, 0.3) is 5.91 Å². The minimum atomic E-state index is -0.910.